The van der Waals surface area contributed by atoms with Gasteiger partial charge in [0.1, 0.15) is 5.75 Å². The van der Waals surface area contributed by atoms with Crippen molar-refractivity contribution < 1.29 is 9.53 Å². The summed E-state index contributed by atoms with van der Waals surface area (Å²) in [5.74, 6) is 0.782. The lowest BCUT2D eigenvalue weighted by atomic mass is 10.3. The summed E-state index contributed by atoms with van der Waals surface area (Å²) in [5.41, 5.74) is 0.715. The van der Waals surface area contributed by atoms with Crippen molar-refractivity contribution >= 4 is 34.7 Å². The van der Waals surface area contributed by atoms with Gasteiger partial charge in [0.05, 0.1) is 17.0 Å². The Morgan fingerprint density at radius 2 is 2.00 bits per heavy atom. The predicted molar refractivity (Wildman–Crippen MR) is 87.5 cm³/mol. The lowest BCUT2D eigenvalue weighted by Crippen LogP contribution is -2.30. The Labute approximate surface area is 133 Å². The maximum atomic E-state index is 11.9. The molecule has 0 aliphatic carbocycles. The van der Waals surface area contributed by atoms with E-state index < -0.39 is 0 Å². The summed E-state index contributed by atoms with van der Waals surface area (Å²) < 4.78 is 6.06. The number of rotatable bonds is 5. The van der Waals surface area contributed by atoms with Gasteiger partial charge in [-0.15, -0.1) is 11.3 Å². The van der Waals surface area contributed by atoms with Crippen LogP contribution < -0.4 is 15.4 Å². The van der Waals surface area contributed by atoms with Gasteiger partial charge in [0.25, 0.3) is 0 Å². The number of amides is 2. The molecular formula is C15H17ClN2O2S. The van der Waals surface area contributed by atoms with E-state index in [1.54, 1.807) is 12.1 Å². The van der Waals surface area contributed by atoms with Crippen molar-refractivity contribution in [2.75, 3.05) is 11.9 Å². The van der Waals surface area contributed by atoms with Gasteiger partial charge >= 0.3 is 6.03 Å². The van der Waals surface area contributed by atoms with Crippen LogP contribution in [0.1, 0.15) is 24.8 Å². The van der Waals surface area contributed by atoms with E-state index in [1.165, 1.54) is 11.3 Å². The third kappa shape index (κ3) is 4.65. The molecule has 21 heavy (non-hydrogen) atoms. The summed E-state index contributed by atoms with van der Waals surface area (Å²) in [4.78, 5) is 12.9. The van der Waals surface area contributed by atoms with Crippen molar-refractivity contribution in [3.8, 4) is 5.75 Å². The highest BCUT2D eigenvalue weighted by atomic mass is 35.5. The van der Waals surface area contributed by atoms with Crippen LogP contribution in [0.15, 0.2) is 36.4 Å². The van der Waals surface area contributed by atoms with E-state index >= 15 is 0 Å². The Kier molecular flexibility index (Phi) is 5.47. The third-order valence-corrected chi connectivity index (χ3v) is 4.21. The number of thiophene rings is 1. The summed E-state index contributed by atoms with van der Waals surface area (Å²) in [5, 5.41) is 5.65. The molecule has 0 saturated heterocycles. The number of carbonyl (C=O) groups excluding carboxylic acids is 1. The molecule has 0 saturated carbocycles. The highest BCUT2D eigenvalue weighted by Gasteiger charge is 2.11. The molecule has 2 rings (SSSR count). The van der Waals surface area contributed by atoms with Gasteiger partial charge in [0.2, 0.25) is 0 Å². The second-order valence-corrected chi connectivity index (χ2v) is 6.17. The number of benzene rings is 1. The van der Waals surface area contributed by atoms with Crippen molar-refractivity contribution in [3.05, 3.63) is 45.6 Å². The zero-order chi connectivity index (χ0) is 15.2. The molecule has 4 nitrogen and oxygen atoms in total. The molecule has 1 aromatic carbocycles. The maximum absolute atomic E-state index is 11.9. The molecule has 0 spiro atoms. The van der Waals surface area contributed by atoms with Gasteiger partial charge in [-0.25, -0.2) is 4.79 Å². The Hall–Kier alpha value is -1.72. The lowest BCUT2D eigenvalue weighted by molar-refractivity contribution is 0.249. The number of ether oxygens (including phenoxy) is 1. The zero-order valence-electron chi connectivity index (χ0n) is 11.9. The van der Waals surface area contributed by atoms with Gasteiger partial charge in [-0.1, -0.05) is 11.6 Å². The molecule has 6 heteroatoms. The summed E-state index contributed by atoms with van der Waals surface area (Å²) in [6, 6.07) is 10.6. The molecule has 0 aliphatic heterocycles. The number of urea groups is 1. The molecule has 1 heterocycles. The van der Waals surface area contributed by atoms with Crippen LogP contribution in [0.4, 0.5) is 10.5 Å². The number of hydrogen-bond acceptors (Lipinski definition) is 3. The van der Waals surface area contributed by atoms with E-state index in [4.69, 9.17) is 16.3 Å². The average molecular weight is 325 g/mol. The average Bonchev–Trinajstić information content (AvgIpc) is 2.88. The molecule has 0 aliphatic rings. The molecular weight excluding hydrogens is 308 g/mol. The molecule has 1 atom stereocenters. The van der Waals surface area contributed by atoms with Gasteiger partial charge in [-0.05, 0) is 50.2 Å². The van der Waals surface area contributed by atoms with E-state index in [9.17, 15) is 4.79 Å². The van der Waals surface area contributed by atoms with Gasteiger partial charge in [-0.2, -0.15) is 0 Å². The van der Waals surface area contributed by atoms with E-state index in [0.717, 1.165) is 10.6 Å². The summed E-state index contributed by atoms with van der Waals surface area (Å²) in [6.07, 6.45) is 0. The molecule has 1 aromatic heterocycles. The molecule has 0 fully saturated rings. The molecule has 2 amide bonds. The van der Waals surface area contributed by atoms with Crippen LogP contribution in [0.3, 0.4) is 0 Å². The molecule has 112 valence electrons. The zero-order valence-corrected chi connectivity index (χ0v) is 13.4. The highest BCUT2D eigenvalue weighted by Crippen LogP contribution is 2.26. The fraction of sp³-hybridized carbons (Fsp3) is 0.267. The van der Waals surface area contributed by atoms with Crippen molar-refractivity contribution in [3.63, 3.8) is 0 Å². The number of carbonyl (C=O) groups is 1. The van der Waals surface area contributed by atoms with Crippen LogP contribution in [-0.2, 0) is 0 Å². The molecule has 2 aromatic rings. The molecule has 0 bridgehead atoms. The number of halogens is 1. The van der Waals surface area contributed by atoms with Crippen LogP contribution in [0.5, 0.6) is 5.75 Å². The SMILES string of the molecule is CCOc1ccc(NC(=O)N[C@@H](C)c2ccc(Cl)s2)cc1. The van der Waals surface area contributed by atoms with Gasteiger partial charge in [0, 0.05) is 10.6 Å². The Balaban J connectivity index is 1.89. The monoisotopic (exact) mass is 324 g/mol. The topological polar surface area (TPSA) is 50.4 Å². The molecule has 0 radical (unpaired) electrons. The van der Waals surface area contributed by atoms with E-state index in [0.29, 0.717) is 16.6 Å². The first-order valence-corrected chi connectivity index (χ1v) is 7.83. The van der Waals surface area contributed by atoms with Crippen molar-refractivity contribution in [2.45, 2.75) is 19.9 Å². The van der Waals surface area contributed by atoms with Crippen LogP contribution in [0, 0.1) is 0 Å². The van der Waals surface area contributed by atoms with Crippen molar-refractivity contribution in [2.24, 2.45) is 0 Å². The quantitative estimate of drug-likeness (QED) is 0.838. The first-order valence-electron chi connectivity index (χ1n) is 6.64. The van der Waals surface area contributed by atoms with E-state index in [-0.39, 0.29) is 12.1 Å². The number of hydrogen-bond donors (Lipinski definition) is 2. The van der Waals surface area contributed by atoms with Crippen molar-refractivity contribution in [1.29, 1.82) is 0 Å². The van der Waals surface area contributed by atoms with Gasteiger partial charge < -0.3 is 15.4 Å². The minimum absolute atomic E-state index is 0.0924. The largest absolute Gasteiger partial charge is 0.494 e. The first kappa shape index (κ1) is 15.7. The van der Waals surface area contributed by atoms with E-state index in [1.807, 2.05) is 38.1 Å². The second-order valence-electron chi connectivity index (χ2n) is 4.42. The maximum Gasteiger partial charge on any atom is 0.319 e. The van der Waals surface area contributed by atoms with E-state index in [2.05, 4.69) is 10.6 Å². The number of nitrogens with one attached hydrogen (secondary N) is 2. The van der Waals surface area contributed by atoms with Crippen LogP contribution in [-0.4, -0.2) is 12.6 Å². The third-order valence-electron chi connectivity index (χ3n) is 2.79. The Morgan fingerprint density at radius 3 is 2.57 bits per heavy atom. The Morgan fingerprint density at radius 1 is 1.29 bits per heavy atom. The first-order chi connectivity index (χ1) is 10.1. The molecule has 2 N–H and O–H groups in total. The smallest absolute Gasteiger partial charge is 0.319 e. The van der Waals surface area contributed by atoms with Crippen LogP contribution >= 0.6 is 22.9 Å². The summed E-state index contributed by atoms with van der Waals surface area (Å²) in [7, 11) is 0. The number of anilines is 1. The van der Waals surface area contributed by atoms with Gasteiger partial charge in [0.15, 0.2) is 0 Å². The van der Waals surface area contributed by atoms with Crippen LogP contribution in [0.2, 0.25) is 4.34 Å². The standard InChI is InChI=1S/C15H17ClN2O2S/c1-3-20-12-6-4-11(5-7-12)18-15(19)17-10(2)13-8-9-14(16)21-13/h4-10H,3H2,1-2H3,(H2,17,18,19)/t10-/m0/s1. The minimum atomic E-state index is -0.254. The Bertz CT molecular complexity index is 598. The summed E-state index contributed by atoms with van der Waals surface area (Å²) >= 11 is 7.35. The minimum Gasteiger partial charge on any atom is -0.494 e. The van der Waals surface area contributed by atoms with Crippen molar-refractivity contribution in [1.82, 2.24) is 5.32 Å². The lowest BCUT2D eigenvalue weighted by Gasteiger charge is -2.13. The fourth-order valence-electron chi connectivity index (χ4n) is 1.80. The predicted octanol–water partition coefficient (Wildman–Crippen LogP) is 4.68. The highest BCUT2D eigenvalue weighted by molar-refractivity contribution is 7.16. The molecule has 0 unspecified atom stereocenters. The summed E-state index contributed by atoms with van der Waals surface area (Å²) in [6.45, 7) is 4.46. The van der Waals surface area contributed by atoms with Gasteiger partial charge in [-0.3, -0.25) is 0 Å². The normalized spacial score (nSPS) is 11.8. The second kappa shape index (κ2) is 7.33. The van der Waals surface area contributed by atoms with Crippen LogP contribution in [0.25, 0.3) is 0 Å². The fourth-order valence-corrected chi connectivity index (χ4v) is 2.86.